The number of aliphatic hydroxyl groups is 1. The van der Waals surface area contributed by atoms with Gasteiger partial charge in [-0.25, -0.2) is 0 Å². The third-order valence-corrected chi connectivity index (χ3v) is 6.03. The number of hydrogen-bond acceptors (Lipinski definition) is 2. The summed E-state index contributed by atoms with van der Waals surface area (Å²) in [5.74, 6) is 1.04. The number of benzene rings is 1. The molecule has 118 valence electrons. The van der Waals surface area contributed by atoms with Crippen LogP contribution in [0.4, 0.5) is 0 Å². The van der Waals surface area contributed by atoms with Crippen LogP contribution in [0.25, 0.3) is 5.57 Å². The van der Waals surface area contributed by atoms with Crippen LogP contribution in [0.15, 0.2) is 29.8 Å². The smallest absolute Gasteiger partial charge is 0.0499 e. The summed E-state index contributed by atoms with van der Waals surface area (Å²) in [6, 6.07) is 8.85. The molecule has 2 nitrogen and oxygen atoms in total. The van der Waals surface area contributed by atoms with E-state index in [1.165, 1.54) is 62.9 Å². The second-order valence-corrected chi connectivity index (χ2v) is 7.29. The van der Waals surface area contributed by atoms with E-state index < -0.39 is 0 Å². The van der Waals surface area contributed by atoms with Crippen molar-refractivity contribution >= 4 is 5.57 Å². The molecule has 1 saturated heterocycles. The lowest BCUT2D eigenvalue weighted by Crippen LogP contribution is -2.39. The third kappa shape index (κ3) is 2.53. The van der Waals surface area contributed by atoms with Crippen molar-refractivity contribution in [3.63, 3.8) is 0 Å². The van der Waals surface area contributed by atoms with Crippen LogP contribution in [0.2, 0.25) is 0 Å². The van der Waals surface area contributed by atoms with Crippen molar-refractivity contribution in [1.29, 1.82) is 0 Å². The lowest BCUT2D eigenvalue weighted by Gasteiger charge is -2.37. The van der Waals surface area contributed by atoms with E-state index in [-0.39, 0.29) is 0 Å². The summed E-state index contributed by atoms with van der Waals surface area (Å²) < 4.78 is 0. The van der Waals surface area contributed by atoms with E-state index in [1.807, 2.05) is 0 Å². The van der Waals surface area contributed by atoms with Crippen LogP contribution in [-0.2, 0) is 6.42 Å². The van der Waals surface area contributed by atoms with Crippen molar-refractivity contribution < 1.29 is 5.11 Å². The van der Waals surface area contributed by atoms with Gasteiger partial charge in [-0.15, -0.1) is 0 Å². The molecule has 2 aliphatic carbocycles. The minimum Gasteiger partial charge on any atom is -0.396 e. The molecule has 1 heterocycles. The van der Waals surface area contributed by atoms with Crippen LogP contribution in [0.5, 0.6) is 0 Å². The number of aliphatic hydroxyl groups excluding tert-OH is 1. The molecule has 4 rings (SSSR count). The SMILES string of the molecule is OCC1C2=C(CCC1CN1CCCCC1)c1ccccc1C2. The number of rotatable bonds is 3. The molecule has 2 atom stereocenters. The van der Waals surface area contributed by atoms with Gasteiger partial charge in [-0.2, -0.15) is 0 Å². The van der Waals surface area contributed by atoms with Crippen LogP contribution in [0.3, 0.4) is 0 Å². The first kappa shape index (κ1) is 14.5. The van der Waals surface area contributed by atoms with E-state index in [2.05, 4.69) is 29.2 Å². The van der Waals surface area contributed by atoms with Gasteiger partial charge in [-0.1, -0.05) is 36.3 Å². The molecule has 1 aromatic carbocycles. The number of nitrogens with zero attached hydrogens (tertiary/aromatic N) is 1. The highest BCUT2D eigenvalue weighted by Gasteiger charge is 2.36. The van der Waals surface area contributed by atoms with Crippen LogP contribution in [-0.4, -0.2) is 36.2 Å². The summed E-state index contributed by atoms with van der Waals surface area (Å²) in [5, 5.41) is 10.1. The predicted octanol–water partition coefficient (Wildman–Crippen LogP) is 3.50. The summed E-state index contributed by atoms with van der Waals surface area (Å²) in [7, 11) is 0. The van der Waals surface area contributed by atoms with Gasteiger partial charge in [0.25, 0.3) is 0 Å². The topological polar surface area (TPSA) is 23.5 Å². The maximum atomic E-state index is 10.1. The van der Waals surface area contributed by atoms with Crippen molar-refractivity contribution in [1.82, 2.24) is 4.90 Å². The van der Waals surface area contributed by atoms with Gasteiger partial charge >= 0.3 is 0 Å². The van der Waals surface area contributed by atoms with E-state index in [9.17, 15) is 5.11 Å². The van der Waals surface area contributed by atoms with Gasteiger partial charge in [0, 0.05) is 19.1 Å². The minimum absolute atomic E-state index is 0.325. The first-order valence-electron chi connectivity index (χ1n) is 9.00. The van der Waals surface area contributed by atoms with Crippen molar-refractivity contribution in [3.05, 3.63) is 41.0 Å². The van der Waals surface area contributed by atoms with E-state index in [4.69, 9.17) is 0 Å². The van der Waals surface area contributed by atoms with Crippen molar-refractivity contribution in [2.45, 2.75) is 38.5 Å². The first-order valence-corrected chi connectivity index (χ1v) is 9.00. The van der Waals surface area contributed by atoms with Crippen molar-refractivity contribution in [3.8, 4) is 0 Å². The molecule has 1 fully saturated rings. The lowest BCUT2D eigenvalue weighted by molar-refractivity contribution is 0.129. The summed E-state index contributed by atoms with van der Waals surface area (Å²) in [6.07, 6.45) is 7.64. The highest BCUT2D eigenvalue weighted by Crippen LogP contribution is 2.46. The van der Waals surface area contributed by atoms with Gasteiger partial charge in [0.15, 0.2) is 0 Å². The molecule has 1 aromatic rings. The van der Waals surface area contributed by atoms with Crippen LogP contribution in [0.1, 0.15) is 43.2 Å². The van der Waals surface area contributed by atoms with Gasteiger partial charge in [-0.3, -0.25) is 0 Å². The molecule has 1 N–H and O–H groups in total. The molecule has 2 heteroatoms. The van der Waals surface area contributed by atoms with Crippen LogP contribution in [0, 0.1) is 11.8 Å². The van der Waals surface area contributed by atoms with Gasteiger partial charge in [-0.05, 0) is 67.8 Å². The molecule has 0 amide bonds. The summed E-state index contributed by atoms with van der Waals surface area (Å²) in [4.78, 5) is 2.64. The quantitative estimate of drug-likeness (QED) is 0.923. The Morgan fingerprint density at radius 1 is 1.09 bits per heavy atom. The molecule has 3 aliphatic rings. The Morgan fingerprint density at radius 2 is 1.91 bits per heavy atom. The number of likely N-dealkylation sites (tertiary alicyclic amines) is 1. The molecule has 0 bridgehead atoms. The Morgan fingerprint density at radius 3 is 2.73 bits per heavy atom. The average Bonchev–Trinajstić information content (AvgIpc) is 2.94. The highest BCUT2D eigenvalue weighted by atomic mass is 16.3. The first-order chi connectivity index (χ1) is 10.9. The number of piperidine rings is 1. The zero-order valence-corrected chi connectivity index (χ0v) is 13.4. The molecule has 2 unspecified atom stereocenters. The Balaban J connectivity index is 1.54. The van der Waals surface area contributed by atoms with Gasteiger partial charge < -0.3 is 10.0 Å². The van der Waals surface area contributed by atoms with Crippen LogP contribution >= 0.6 is 0 Å². The fourth-order valence-corrected chi connectivity index (χ4v) is 4.87. The van der Waals surface area contributed by atoms with E-state index >= 15 is 0 Å². The Labute approximate surface area is 133 Å². The monoisotopic (exact) mass is 297 g/mol. The number of hydrogen-bond donors (Lipinski definition) is 1. The molecular formula is C20H27NO. The average molecular weight is 297 g/mol. The number of fused-ring (bicyclic) bond motifs is 2. The Kier molecular flexibility index (Phi) is 4.06. The van der Waals surface area contributed by atoms with Gasteiger partial charge in [0.05, 0.1) is 0 Å². The van der Waals surface area contributed by atoms with Crippen molar-refractivity contribution in [2.24, 2.45) is 11.8 Å². The third-order valence-electron chi connectivity index (χ3n) is 6.03. The summed E-state index contributed by atoms with van der Waals surface area (Å²) >= 11 is 0. The summed E-state index contributed by atoms with van der Waals surface area (Å²) in [6.45, 7) is 4.05. The minimum atomic E-state index is 0.325. The van der Waals surface area contributed by atoms with Gasteiger partial charge in [0.1, 0.15) is 0 Å². The predicted molar refractivity (Wildman–Crippen MR) is 90.7 cm³/mol. The summed E-state index contributed by atoms with van der Waals surface area (Å²) in [5.41, 5.74) is 6.05. The van der Waals surface area contributed by atoms with Gasteiger partial charge in [0.2, 0.25) is 0 Å². The van der Waals surface area contributed by atoms with Crippen LogP contribution < -0.4 is 0 Å². The maximum absolute atomic E-state index is 10.1. The molecule has 0 radical (unpaired) electrons. The van der Waals surface area contributed by atoms with E-state index in [1.54, 1.807) is 11.1 Å². The largest absolute Gasteiger partial charge is 0.396 e. The number of allylic oxidation sites excluding steroid dienone is 1. The normalized spacial score (nSPS) is 28.6. The standard InChI is InChI=1S/C20H27NO/c22-14-20-16(13-21-10-4-1-5-11-21)8-9-18-17-7-3-2-6-15(17)12-19(18)20/h2-3,6-7,16,20,22H,1,4-5,8-14H2. The zero-order valence-electron chi connectivity index (χ0n) is 13.4. The highest BCUT2D eigenvalue weighted by molar-refractivity contribution is 5.77. The molecular weight excluding hydrogens is 270 g/mol. The molecule has 0 spiro atoms. The second-order valence-electron chi connectivity index (χ2n) is 7.29. The molecule has 22 heavy (non-hydrogen) atoms. The Hall–Kier alpha value is -1.12. The molecule has 0 saturated carbocycles. The second kappa shape index (κ2) is 6.17. The lowest BCUT2D eigenvalue weighted by atomic mass is 9.75. The van der Waals surface area contributed by atoms with Crippen molar-refractivity contribution in [2.75, 3.05) is 26.2 Å². The van der Waals surface area contributed by atoms with E-state index in [0.29, 0.717) is 18.4 Å². The maximum Gasteiger partial charge on any atom is 0.0499 e. The molecule has 1 aliphatic heterocycles. The van der Waals surface area contributed by atoms with E-state index in [0.717, 1.165) is 6.42 Å². The molecule has 0 aromatic heterocycles. The fraction of sp³-hybridized carbons (Fsp3) is 0.600. The zero-order chi connectivity index (χ0) is 14.9. The Bertz CT molecular complexity index is 571. The fourth-order valence-electron chi connectivity index (χ4n) is 4.87.